The molecule has 2 atom stereocenters. The van der Waals surface area contributed by atoms with E-state index < -0.39 is 11.8 Å². The molecule has 0 aromatic heterocycles. The molecule has 4 rings (SSSR count). The van der Waals surface area contributed by atoms with Crippen molar-refractivity contribution < 1.29 is 19.1 Å². The van der Waals surface area contributed by atoms with E-state index in [2.05, 4.69) is 5.32 Å². The monoisotopic (exact) mass is 413 g/mol. The summed E-state index contributed by atoms with van der Waals surface area (Å²) in [5.41, 5.74) is -0.301. The Bertz CT molecular complexity index is 800. The number of amides is 3. The van der Waals surface area contributed by atoms with E-state index in [1.54, 1.807) is 17.0 Å². The zero-order valence-corrected chi connectivity index (χ0v) is 17.8. The van der Waals surface area contributed by atoms with E-state index in [-0.39, 0.29) is 36.3 Å². The normalized spacial score (nSPS) is 24.0. The van der Waals surface area contributed by atoms with Gasteiger partial charge in [-0.15, -0.1) is 0 Å². The first-order chi connectivity index (χ1) is 14.4. The third kappa shape index (κ3) is 3.95. The molecule has 3 fully saturated rings. The van der Waals surface area contributed by atoms with Gasteiger partial charge in [-0.3, -0.25) is 19.3 Å². The first-order valence-electron chi connectivity index (χ1n) is 11.1. The third-order valence-electron chi connectivity index (χ3n) is 6.59. The van der Waals surface area contributed by atoms with Crippen molar-refractivity contribution in [2.45, 2.75) is 63.8 Å². The number of nitrogens with zero attached hydrogens (tertiary/aromatic N) is 2. The fraction of sp³-hybridized carbons (Fsp3) is 0.609. The molecule has 3 aliphatic rings. The van der Waals surface area contributed by atoms with Crippen LogP contribution in [0.25, 0.3) is 0 Å². The van der Waals surface area contributed by atoms with Crippen LogP contribution in [-0.2, 0) is 14.3 Å². The summed E-state index contributed by atoms with van der Waals surface area (Å²) < 4.78 is 6.20. The van der Waals surface area contributed by atoms with Gasteiger partial charge in [0.1, 0.15) is 11.8 Å². The summed E-state index contributed by atoms with van der Waals surface area (Å²) in [6, 6.07) is 8.40. The lowest BCUT2D eigenvalue weighted by atomic mass is 9.96. The predicted molar refractivity (Wildman–Crippen MR) is 112 cm³/mol. The van der Waals surface area contributed by atoms with Gasteiger partial charge in [0.05, 0.1) is 6.61 Å². The first-order valence-corrected chi connectivity index (χ1v) is 11.1. The molecule has 1 aliphatic carbocycles. The average Bonchev–Trinajstić information content (AvgIpc) is 3.56. The van der Waals surface area contributed by atoms with Gasteiger partial charge in [-0.1, -0.05) is 25.1 Å². The molecule has 162 valence electrons. The Kier molecular flexibility index (Phi) is 5.82. The molecule has 0 radical (unpaired) electrons. The Morgan fingerprint density at radius 2 is 1.83 bits per heavy atom. The van der Waals surface area contributed by atoms with Gasteiger partial charge in [-0.05, 0) is 38.3 Å². The zero-order valence-electron chi connectivity index (χ0n) is 17.8. The summed E-state index contributed by atoms with van der Waals surface area (Å²) in [5.74, 6) is 0.0240. The molecular weight excluding hydrogens is 382 g/mol. The Labute approximate surface area is 177 Å². The van der Waals surface area contributed by atoms with Gasteiger partial charge >= 0.3 is 0 Å². The molecular formula is C23H31N3O4. The van der Waals surface area contributed by atoms with Crippen LogP contribution in [0.15, 0.2) is 30.3 Å². The quantitative estimate of drug-likeness (QED) is 0.803. The van der Waals surface area contributed by atoms with Gasteiger partial charge in [0.2, 0.25) is 11.8 Å². The van der Waals surface area contributed by atoms with Crippen LogP contribution in [0.2, 0.25) is 0 Å². The number of hydrogen-bond acceptors (Lipinski definition) is 4. The van der Waals surface area contributed by atoms with E-state index in [1.807, 2.05) is 36.9 Å². The summed E-state index contributed by atoms with van der Waals surface area (Å²) in [5, 5.41) is 3.00. The van der Waals surface area contributed by atoms with Crippen LogP contribution >= 0.6 is 0 Å². The molecule has 30 heavy (non-hydrogen) atoms. The number of piperidine rings is 1. The van der Waals surface area contributed by atoms with Crippen molar-refractivity contribution in [3.05, 3.63) is 35.9 Å². The molecule has 1 spiro atoms. The predicted octanol–water partition coefficient (Wildman–Crippen LogP) is 2.17. The van der Waals surface area contributed by atoms with Gasteiger partial charge in [0.15, 0.2) is 0 Å². The molecule has 3 amide bonds. The van der Waals surface area contributed by atoms with Crippen LogP contribution in [0.4, 0.5) is 0 Å². The molecule has 2 heterocycles. The van der Waals surface area contributed by atoms with Crippen molar-refractivity contribution in [2.24, 2.45) is 5.92 Å². The summed E-state index contributed by atoms with van der Waals surface area (Å²) in [4.78, 5) is 42.5. The molecule has 0 unspecified atom stereocenters. The van der Waals surface area contributed by atoms with Gasteiger partial charge < -0.3 is 15.0 Å². The number of carbonyl (C=O) groups is 3. The van der Waals surface area contributed by atoms with E-state index in [0.29, 0.717) is 31.5 Å². The van der Waals surface area contributed by atoms with E-state index in [1.165, 1.54) is 0 Å². The molecule has 2 aliphatic heterocycles. The van der Waals surface area contributed by atoms with Crippen LogP contribution in [0, 0.1) is 5.92 Å². The number of likely N-dealkylation sites (tertiary alicyclic amines) is 1. The van der Waals surface area contributed by atoms with Gasteiger partial charge in [-0.2, -0.15) is 0 Å². The second kappa shape index (κ2) is 8.38. The first kappa shape index (κ1) is 20.8. The minimum absolute atomic E-state index is 0.0285. The summed E-state index contributed by atoms with van der Waals surface area (Å²) >= 11 is 0. The second-order valence-corrected chi connectivity index (χ2v) is 8.73. The van der Waals surface area contributed by atoms with Crippen LogP contribution in [0.1, 0.15) is 56.3 Å². The molecule has 1 aromatic rings. The van der Waals surface area contributed by atoms with Crippen molar-refractivity contribution in [1.82, 2.24) is 15.1 Å². The number of hydrogen-bond donors (Lipinski definition) is 1. The lowest BCUT2D eigenvalue weighted by molar-refractivity contribution is -0.144. The van der Waals surface area contributed by atoms with Crippen molar-refractivity contribution in [2.75, 3.05) is 19.7 Å². The Balaban J connectivity index is 1.57. The number of rotatable bonds is 5. The molecule has 2 saturated heterocycles. The molecule has 0 bridgehead atoms. The minimum atomic E-state index is -0.843. The van der Waals surface area contributed by atoms with E-state index in [0.717, 1.165) is 19.3 Å². The third-order valence-corrected chi connectivity index (χ3v) is 6.59. The standard InChI is InChI=1S/C23H31N3O4/c1-3-16(2)24-20(27)19-15-30-23(26(19)22(29)17-7-5-4-6-8-17)11-13-25(14-12-23)21(28)18-9-10-18/h4-8,16,18-19H,3,9-15H2,1-2H3,(H,24,27)/t16-,19-/m1/s1. The largest absolute Gasteiger partial charge is 0.353 e. The Morgan fingerprint density at radius 3 is 2.43 bits per heavy atom. The number of benzene rings is 1. The van der Waals surface area contributed by atoms with Crippen molar-refractivity contribution in [3.63, 3.8) is 0 Å². The summed E-state index contributed by atoms with van der Waals surface area (Å²) in [7, 11) is 0. The van der Waals surface area contributed by atoms with Crippen molar-refractivity contribution >= 4 is 17.7 Å². The SMILES string of the molecule is CC[C@@H](C)NC(=O)[C@H]1COC2(CCN(C(=O)C3CC3)CC2)N1C(=O)c1ccccc1. The Morgan fingerprint density at radius 1 is 1.17 bits per heavy atom. The maximum atomic E-state index is 13.5. The highest BCUT2D eigenvalue weighted by atomic mass is 16.5. The summed E-state index contributed by atoms with van der Waals surface area (Å²) in [6.45, 7) is 5.24. The van der Waals surface area contributed by atoms with Gasteiger partial charge in [0, 0.05) is 43.5 Å². The van der Waals surface area contributed by atoms with Crippen LogP contribution in [-0.4, -0.2) is 65.0 Å². The minimum Gasteiger partial charge on any atom is -0.353 e. The zero-order chi connectivity index (χ0) is 21.3. The maximum Gasteiger partial charge on any atom is 0.256 e. The second-order valence-electron chi connectivity index (χ2n) is 8.73. The fourth-order valence-corrected chi connectivity index (χ4v) is 4.39. The molecule has 1 aromatic carbocycles. The molecule has 1 N–H and O–H groups in total. The Hall–Kier alpha value is -2.41. The molecule has 1 saturated carbocycles. The number of nitrogens with one attached hydrogen (secondary N) is 1. The lowest BCUT2D eigenvalue weighted by Gasteiger charge is -2.44. The topological polar surface area (TPSA) is 79.0 Å². The average molecular weight is 414 g/mol. The van der Waals surface area contributed by atoms with E-state index in [9.17, 15) is 14.4 Å². The number of carbonyl (C=O) groups excluding carboxylic acids is 3. The van der Waals surface area contributed by atoms with Crippen LogP contribution < -0.4 is 5.32 Å². The molecule has 7 nitrogen and oxygen atoms in total. The maximum absolute atomic E-state index is 13.5. The van der Waals surface area contributed by atoms with Crippen molar-refractivity contribution in [1.29, 1.82) is 0 Å². The highest BCUT2D eigenvalue weighted by molar-refractivity contribution is 5.98. The highest BCUT2D eigenvalue weighted by Gasteiger charge is 2.54. The van der Waals surface area contributed by atoms with Gasteiger partial charge in [0.25, 0.3) is 5.91 Å². The van der Waals surface area contributed by atoms with Gasteiger partial charge in [-0.25, -0.2) is 0 Å². The van der Waals surface area contributed by atoms with Crippen molar-refractivity contribution in [3.8, 4) is 0 Å². The number of ether oxygens (including phenoxy) is 1. The lowest BCUT2D eigenvalue weighted by Crippen LogP contribution is -2.60. The van der Waals surface area contributed by atoms with E-state index >= 15 is 0 Å². The van der Waals surface area contributed by atoms with Crippen LogP contribution in [0.5, 0.6) is 0 Å². The summed E-state index contributed by atoms with van der Waals surface area (Å²) in [6.07, 6.45) is 3.82. The molecule has 7 heteroatoms. The van der Waals surface area contributed by atoms with E-state index in [4.69, 9.17) is 4.74 Å². The smallest absolute Gasteiger partial charge is 0.256 e. The fourth-order valence-electron chi connectivity index (χ4n) is 4.39. The van der Waals surface area contributed by atoms with Crippen LogP contribution in [0.3, 0.4) is 0 Å². The highest BCUT2D eigenvalue weighted by Crippen LogP contribution is 2.40.